The fraction of sp³-hybridized carbons (Fsp3) is 0.167. The number of carbonyl (C=O) groups is 2. The molecule has 3 rings (SSSR count). The maximum absolute atomic E-state index is 13.1. The highest BCUT2D eigenvalue weighted by Gasteiger charge is 2.35. The van der Waals surface area contributed by atoms with E-state index in [2.05, 4.69) is 15.6 Å². The minimum Gasteiger partial charge on any atom is -0.458 e. The minimum absolute atomic E-state index is 0.136. The number of halogens is 3. The lowest BCUT2D eigenvalue weighted by atomic mass is 10.1. The fourth-order valence-corrected chi connectivity index (χ4v) is 3.05. The maximum atomic E-state index is 13.1. The zero-order valence-electron chi connectivity index (χ0n) is 14.5. The number of anilines is 1. The molecular formula is C18H14F3N3O3S. The van der Waals surface area contributed by atoms with Crippen molar-refractivity contribution in [1.82, 2.24) is 10.3 Å². The second kappa shape index (κ2) is 7.85. The van der Waals surface area contributed by atoms with Gasteiger partial charge in [-0.3, -0.25) is 14.9 Å². The van der Waals surface area contributed by atoms with Crippen molar-refractivity contribution >= 4 is 28.3 Å². The lowest BCUT2D eigenvalue weighted by molar-refractivity contribution is -0.137. The minimum atomic E-state index is -4.64. The van der Waals surface area contributed by atoms with E-state index in [1.54, 1.807) is 17.5 Å². The average Bonchev–Trinajstić information content (AvgIpc) is 3.28. The molecule has 2 N–H and O–H groups in total. The Bertz CT molecular complexity index is 1010. The zero-order chi connectivity index (χ0) is 20.3. The van der Waals surface area contributed by atoms with Crippen molar-refractivity contribution in [2.75, 3.05) is 5.32 Å². The van der Waals surface area contributed by atoms with Crippen LogP contribution in [-0.2, 0) is 17.5 Å². The van der Waals surface area contributed by atoms with E-state index in [9.17, 15) is 22.8 Å². The van der Waals surface area contributed by atoms with Gasteiger partial charge in [-0.1, -0.05) is 12.1 Å². The van der Waals surface area contributed by atoms with Crippen molar-refractivity contribution in [3.05, 3.63) is 58.7 Å². The van der Waals surface area contributed by atoms with Crippen LogP contribution in [-0.4, -0.2) is 16.8 Å². The molecule has 2 heterocycles. The van der Waals surface area contributed by atoms with Gasteiger partial charge in [0.2, 0.25) is 5.91 Å². The Morgan fingerprint density at radius 3 is 2.64 bits per heavy atom. The Morgan fingerprint density at radius 1 is 1.18 bits per heavy atom. The molecule has 0 unspecified atom stereocenters. The second-order valence-corrected chi connectivity index (χ2v) is 6.57. The Kier molecular flexibility index (Phi) is 5.50. The molecule has 0 aliphatic carbocycles. The summed E-state index contributed by atoms with van der Waals surface area (Å²) in [7, 11) is 0. The normalized spacial score (nSPS) is 11.3. The summed E-state index contributed by atoms with van der Waals surface area (Å²) in [4.78, 5) is 27.4. The van der Waals surface area contributed by atoms with Gasteiger partial charge in [0.25, 0.3) is 5.91 Å². The summed E-state index contributed by atoms with van der Waals surface area (Å²) in [6, 6.07) is 7.85. The van der Waals surface area contributed by atoms with E-state index < -0.39 is 23.2 Å². The molecule has 28 heavy (non-hydrogen) atoms. The molecule has 10 heteroatoms. The first-order chi connectivity index (χ1) is 13.2. The molecular weight excluding hydrogens is 395 g/mol. The van der Waals surface area contributed by atoms with Crippen molar-refractivity contribution in [3.8, 4) is 11.5 Å². The number of carbonyl (C=O) groups excluding carboxylic acids is 2. The third-order valence-electron chi connectivity index (χ3n) is 3.63. The zero-order valence-corrected chi connectivity index (χ0v) is 15.3. The predicted molar refractivity (Wildman–Crippen MR) is 96.7 cm³/mol. The van der Waals surface area contributed by atoms with E-state index in [4.69, 9.17) is 4.42 Å². The number of rotatable bonds is 5. The molecule has 0 aliphatic rings. The Balaban J connectivity index is 1.74. The van der Waals surface area contributed by atoms with Gasteiger partial charge in [0.05, 0.1) is 17.7 Å². The van der Waals surface area contributed by atoms with Gasteiger partial charge in [-0.25, -0.2) is 4.98 Å². The van der Waals surface area contributed by atoms with Crippen LogP contribution in [0, 0.1) is 0 Å². The molecule has 0 atom stereocenters. The summed E-state index contributed by atoms with van der Waals surface area (Å²) < 4.78 is 44.7. The number of amides is 2. The number of benzene rings is 1. The van der Waals surface area contributed by atoms with Crippen LogP contribution >= 0.6 is 11.3 Å². The highest BCUT2D eigenvalue weighted by molar-refractivity contribution is 7.14. The number of hydrogen-bond acceptors (Lipinski definition) is 5. The Morgan fingerprint density at radius 2 is 1.93 bits per heavy atom. The highest BCUT2D eigenvalue weighted by Crippen LogP contribution is 2.33. The van der Waals surface area contributed by atoms with Crippen molar-refractivity contribution in [1.29, 1.82) is 0 Å². The molecule has 0 saturated carbocycles. The van der Waals surface area contributed by atoms with Crippen LogP contribution in [0.5, 0.6) is 0 Å². The number of nitrogens with one attached hydrogen (secondary N) is 2. The Hall–Kier alpha value is -3.14. The second-order valence-electron chi connectivity index (χ2n) is 5.71. The molecule has 0 saturated heterocycles. The first kappa shape index (κ1) is 19.6. The highest BCUT2D eigenvalue weighted by atomic mass is 32.1. The summed E-state index contributed by atoms with van der Waals surface area (Å²) in [5.41, 5.74) is -1.08. The number of hydrogen-bond donors (Lipinski definition) is 2. The van der Waals surface area contributed by atoms with Gasteiger partial charge in [0, 0.05) is 12.3 Å². The lowest BCUT2D eigenvalue weighted by Gasteiger charge is -2.11. The van der Waals surface area contributed by atoms with Gasteiger partial charge in [0.1, 0.15) is 11.5 Å². The van der Waals surface area contributed by atoms with Crippen LogP contribution in [0.4, 0.5) is 18.3 Å². The number of alkyl halides is 3. The number of furan rings is 1. The maximum Gasteiger partial charge on any atom is 0.417 e. The molecule has 0 bridgehead atoms. The summed E-state index contributed by atoms with van der Waals surface area (Å²) >= 11 is 1.05. The van der Waals surface area contributed by atoms with Crippen LogP contribution in [0.3, 0.4) is 0 Å². The molecule has 2 amide bonds. The van der Waals surface area contributed by atoms with E-state index in [-0.39, 0.29) is 17.6 Å². The van der Waals surface area contributed by atoms with Gasteiger partial charge in [-0.05, 0) is 24.3 Å². The van der Waals surface area contributed by atoms with Crippen molar-refractivity contribution in [3.63, 3.8) is 0 Å². The molecule has 6 nitrogen and oxygen atoms in total. The monoisotopic (exact) mass is 409 g/mol. The van der Waals surface area contributed by atoms with Gasteiger partial charge >= 0.3 is 6.18 Å². The summed E-state index contributed by atoms with van der Waals surface area (Å²) in [5.74, 6) is -0.175. The molecule has 1 aromatic carbocycles. The third-order valence-corrected chi connectivity index (χ3v) is 4.39. The average molecular weight is 409 g/mol. The third kappa shape index (κ3) is 4.58. The van der Waals surface area contributed by atoms with E-state index in [0.29, 0.717) is 17.2 Å². The van der Waals surface area contributed by atoms with Crippen molar-refractivity contribution in [2.24, 2.45) is 0 Å². The van der Waals surface area contributed by atoms with Gasteiger partial charge in [0.15, 0.2) is 10.9 Å². The van der Waals surface area contributed by atoms with Crippen LogP contribution in [0.1, 0.15) is 28.6 Å². The van der Waals surface area contributed by atoms with Crippen LogP contribution in [0.25, 0.3) is 11.5 Å². The van der Waals surface area contributed by atoms with Crippen molar-refractivity contribution < 1.29 is 27.2 Å². The summed E-state index contributed by atoms with van der Waals surface area (Å²) in [6.45, 7) is 1.60. The van der Waals surface area contributed by atoms with E-state index >= 15 is 0 Å². The largest absolute Gasteiger partial charge is 0.458 e. The van der Waals surface area contributed by atoms with Gasteiger partial charge < -0.3 is 9.73 Å². The topological polar surface area (TPSA) is 84.2 Å². The van der Waals surface area contributed by atoms with E-state index in [1.165, 1.54) is 19.1 Å². The fourth-order valence-electron chi connectivity index (χ4n) is 2.36. The first-order valence-corrected chi connectivity index (χ1v) is 8.88. The molecule has 0 radical (unpaired) electrons. The Labute approximate surface area is 161 Å². The number of nitrogens with zero attached hydrogens (tertiary/aromatic N) is 1. The molecule has 0 spiro atoms. The molecule has 3 aromatic rings. The standard InChI is InChI=1S/C18H14F3N3O3S/c1-10(25)22-8-11-6-7-15(27-11)14-9-28-17(23-14)24-16(26)12-4-2-3-5-13(12)18(19,20)21/h2-7,9H,8H2,1H3,(H,22,25)(H,23,24,26). The van der Waals surface area contributed by atoms with E-state index in [1.807, 2.05) is 0 Å². The molecule has 2 aromatic heterocycles. The van der Waals surface area contributed by atoms with Crippen LogP contribution in [0.2, 0.25) is 0 Å². The van der Waals surface area contributed by atoms with Gasteiger partial charge in [-0.2, -0.15) is 13.2 Å². The smallest absolute Gasteiger partial charge is 0.417 e. The van der Waals surface area contributed by atoms with Crippen LogP contribution < -0.4 is 10.6 Å². The van der Waals surface area contributed by atoms with Gasteiger partial charge in [-0.15, -0.1) is 11.3 Å². The summed E-state index contributed by atoms with van der Waals surface area (Å²) in [6.07, 6.45) is -4.64. The molecule has 146 valence electrons. The summed E-state index contributed by atoms with van der Waals surface area (Å²) in [5, 5.41) is 6.71. The van der Waals surface area contributed by atoms with Crippen LogP contribution in [0.15, 0.2) is 46.2 Å². The number of aromatic nitrogens is 1. The quantitative estimate of drug-likeness (QED) is 0.658. The lowest BCUT2D eigenvalue weighted by Crippen LogP contribution is -2.18. The molecule has 0 fully saturated rings. The first-order valence-electron chi connectivity index (χ1n) is 8.00. The predicted octanol–water partition coefficient (Wildman–Crippen LogP) is 4.31. The number of thiazole rings is 1. The van der Waals surface area contributed by atoms with Crippen molar-refractivity contribution in [2.45, 2.75) is 19.6 Å². The SMILES string of the molecule is CC(=O)NCc1ccc(-c2csc(NC(=O)c3ccccc3C(F)(F)F)n2)o1. The van der Waals surface area contributed by atoms with E-state index in [0.717, 1.165) is 23.5 Å². The molecule has 0 aliphatic heterocycles.